The van der Waals surface area contributed by atoms with Crippen LogP contribution in [0.2, 0.25) is 0 Å². The van der Waals surface area contributed by atoms with Crippen LogP contribution in [-0.4, -0.2) is 67.6 Å². The summed E-state index contributed by atoms with van der Waals surface area (Å²) in [7, 11) is 0. The highest BCUT2D eigenvalue weighted by Gasteiger charge is 2.22. The molecule has 340 valence electrons. The molecule has 60 heavy (non-hydrogen) atoms. The number of amides is 1. The Morgan fingerprint density at radius 1 is 0.517 bits per heavy atom. The summed E-state index contributed by atoms with van der Waals surface area (Å²) in [5, 5.41) is 0. The Morgan fingerprint density at radius 2 is 1.00 bits per heavy atom. The third-order valence-electron chi connectivity index (χ3n) is 10.8. The van der Waals surface area contributed by atoms with E-state index in [1.807, 2.05) is 12.1 Å². The lowest BCUT2D eigenvalue weighted by Gasteiger charge is -2.20. The Labute approximate surface area is 366 Å². The number of allylic oxidation sites excluding steroid dienone is 4. The Bertz CT molecular complexity index is 1250. The number of aliphatic imine (C=N–C) groups is 1. The maximum atomic E-state index is 13.1. The second kappa shape index (κ2) is 40.8. The van der Waals surface area contributed by atoms with E-state index in [4.69, 9.17) is 9.47 Å². The van der Waals surface area contributed by atoms with Gasteiger partial charge in [0.25, 0.3) is 0 Å². The number of benzene rings is 1. The van der Waals surface area contributed by atoms with Gasteiger partial charge in [-0.2, -0.15) is 0 Å². The molecule has 0 spiro atoms. The van der Waals surface area contributed by atoms with Gasteiger partial charge in [-0.25, -0.2) is 4.79 Å². The van der Waals surface area contributed by atoms with Crippen molar-refractivity contribution in [2.45, 2.75) is 207 Å². The van der Waals surface area contributed by atoms with Crippen molar-refractivity contribution < 1.29 is 28.7 Å². The monoisotopic (exact) mass is 835 g/mol. The van der Waals surface area contributed by atoms with Crippen LogP contribution in [0.3, 0.4) is 0 Å². The van der Waals surface area contributed by atoms with Gasteiger partial charge in [-0.15, -0.1) is 0 Å². The predicted molar refractivity (Wildman–Crippen MR) is 251 cm³/mol. The van der Waals surface area contributed by atoms with Gasteiger partial charge in [-0.05, 0) is 76.2 Å². The molecule has 0 atom stereocenters. The van der Waals surface area contributed by atoms with Crippen LogP contribution in [0.25, 0.3) is 0 Å². The number of hydrogen-bond donors (Lipinski definition) is 0. The fourth-order valence-electron chi connectivity index (χ4n) is 6.94. The van der Waals surface area contributed by atoms with E-state index in [1.165, 1.54) is 89.9 Å². The summed E-state index contributed by atoms with van der Waals surface area (Å²) >= 11 is 0. The maximum Gasteiger partial charge on any atom is 0.410 e. The molecule has 0 saturated carbocycles. The third-order valence-corrected chi connectivity index (χ3v) is 10.8. The first-order valence-corrected chi connectivity index (χ1v) is 24.4. The van der Waals surface area contributed by atoms with E-state index in [1.54, 1.807) is 18.3 Å². The van der Waals surface area contributed by atoms with Gasteiger partial charge in [-0.1, -0.05) is 172 Å². The molecule has 1 aromatic carbocycles. The summed E-state index contributed by atoms with van der Waals surface area (Å²) in [6.07, 6.45) is 42.5. The summed E-state index contributed by atoms with van der Waals surface area (Å²) in [6.45, 7) is 6.58. The molecule has 1 amide bonds. The summed E-state index contributed by atoms with van der Waals surface area (Å²) in [6, 6.07) is 7.31. The fraction of sp³-hybridized carbons (Fsp3) is 0.712. The number of rotatable bonds is 41. The Kier molecular flexibility index (Phi) is 37.1. The molecule has 1 aromatic rings. The van der Waals surface area contributed by atoms with Crippen molar-refractivity contribution >= 4 is 29.8 Å². The number of Topliss-reactive ketones (excluding diaryl/α,β-unsaturated/α-hetero) is 2. The highest BCUT2D eigenvalue weighted by Crippen LogP contribution is 2.13. The second-order valence-corrected chi connectivity index (χ2v) is 16.5. The lowest BCUT2D eigenvalue weighted by molar-refractivity contribution is -0.145. The molecule has 0 unspecified atom stereocenters. The Morgan fingerprint density at radius 3 is 1.53 bits per heavy atom. The molecule has 8 heteroatoms. The van der Waals surface area contributed by atoms with Crippen LogP contribution in [0.5, 0.6) is 0 Å². The topological polar surface area (TPSA) is 102 Å². The summed E-state index contributed by atoms with van der Waals surface area (Å²) in [5.74, 6) is -0.486. The molecule has 0 saturated heterocycles. The first-order valence-electron chi connectivity index (χ1n) is 24.4. The van der Waals surface area contributed by atoms with Gasteiger partial charge in [-0.3, -0.25) is 24.3 Å². The number of ketones is 2. The van der Waals surface area contributed by atoms with Crippen LogP contribution in [-0.2, 0) is 19.1 Å². The average molecular weight is 835 g/mol. The largest absolute Gasteiger partial charge is 0.464 e. The van der Waals surface area contributed by atoms with Gasteiger partial charge < -0.3 is 9.47 Å². The summed E-state index contributed by atoms with van der Waals surface area (Å²) in [5.41, 5.74) is 1.53. The van der Waals surface area contributed by atoms with Crippen LogP contribution in [0.4, 0.5) is 4.79 Å². The molecule has 0 fully saturated rings. The molecule has 0 aliphatic heterocycles. The van der Waals surface area contributed by atoms with Crippen molar-refractivity contribution in [3.8, 4) is 0 Å². The first kappa shape index (κ1) is 54.5. The van der Waals surface area contributed by atoms with E-state index in [2.05, 4.69) is 50.1 Å². The number of esters is 1. The smallest absolute Gasteiger partial charge is 0.410 e. The molecule has 0 bridgehead atoms. The van der Waals surface area contributed by atoms with Crippen LogP contribution < -0.4 is 0 Å². The zero-order chi connectivity index (χ0) is 43.6. The summed E-state index contributed by atoms with van der Waals surface area (Å²) < 4.78 is 10.9. The van der Waals surface area contributed by atoms with Crippen molar-refractivity contribution in [2.24, 2.45) is 4.99 Å². The zero-order valence-corrected chi connectivity index (χ0v) is 38.6. The summed E-state index contributed by atoms with van der Waals surface area (Å²) in [4.78, 5) is 56.6. The van der Waals surface area contributed by atoms with Crippen LogP contribution in [0, 0.1) is 0 Å². The van der Waals surface area contributed by atoms with Gasteiger partial charge in [0.2, 0.25) is 0 Å². The second-order valence-electron chi connectivity index (χ2n) is 16.5. The normalized spacial score (nSPS) is 11.6. The van der Waals surface area contributed by atoms with Gasteiger partial charge in [0.05, 0.1) is 19.7 Å². The van der Waals surface area contributed by atoms with Crippen molar-refractivity contribution in [1.29, 1.82) is 0 Å². The predicted octanol–water partition coefficient (Wildman–Crippen LogP) is 14.3. The quantitative estimate of drug-likeness (QED) is 0.0214. The molecular weight excluding hydrogens is 749 g/mol. The van der Waals surface area contributed by atoms with Crippen molar-refractivity contribution in [2.75, 3.05) is 32.8 Å². The third kappa shape index (κ3) is 33.2. The average Bonchev–Trinajstić information content (AvgIpc) is 3.25. The number of carbonyl (C=O) groups is 4. The molecule has 0 N–H and O–H groups in total. The lowest BCUT2D eigenvalue weighted by atomic mass is 10.0. The number of carbonyl (C=O) groups excluding carboxylic acids is 4. The zero-order valence-electron chi connectivity index (χ0n) is 38.6. The van der Waals surface area contributed by atoms with E-state index < -0.39 is 12.1 Å². The highest BCUT2D eigenvalue weighted by molar-refractivity contribution is 5.96. The number of nitrogens with zero attached hydrogens (tertiary/aromatic N) is 2. The lowest BCUT2D eigenvalue weighted by Crippen LogP contribution is -2.40. The van der Waals surface area contributed by atoms with Crippen molar-refractivity contribution in [3.63, 3.8) is 0 Å². The first-order chi connectivity index (χ1) is 29.4. The Balaban J connectivity index is 2.45. The number of ether oxygens (including phenoxy) is 2. The van der Waals surface area contributed by atoms with E-state index in [9.17, 15) is 19.2 Å². The highest BCUT2D eigenvalue weighted by atomic mass is 16.6. The van der Waals surface area contributed by atoms with Crippen LogP contribution in [0.15, 0.2) is 53.6 Å². The van der Waals surface area contributed by atoms with E-state index >= 15 is 0 Å². The standard InChI is InChI=1S/C52H86N2O6/c1-4-7-10-12-14-16-18-20-22-23-25-27-29-31-33-35-49(55)45-54(46-51(57)59-42-34-32-30-28-26-24-21-19-17-15-13-11-8-5-2)52(58)60-43-41-53-44-47-37-39-48(40-38-47)50(56)36-9-6-3/h20-22,24,37-40,44H,4-19,23,25-36,41-43,45-46H2,1-3H3/b22-20-,24-21-,53-44?. The minimum Gasteiger partial charge on any atom is -0.464 e. The van der Waals surface area contributed by atoms with Gasteiger partial charge >= 0.3 is 12.1 Å². The fourth-order valence-corrected chi connectivity index (χ4v) is 6.94. The molecule has 0 aromatic heterocycles. The van der Waals surface area contributed by atoms with Crippen LogP contribution in [0.1, 0.15) is 223 Å². The van der Waals surface area contributed by atoms with Gasteiger partial charge in [0.1, 0.15) is 13.2 Å². The van der Waals surface area contributed by atoms with Gasteiger partial charge in [0, 0.05) is 24.6 Å². The number of hydrogen-bond acceptors (Lipinski definition) is 7. The van der Waals surface area contributed by atoms with Crippen molar-refractivity contribution in [1.82, 2.24) is 4.90 Å². The van der Waals surface area contributed by atoms with Crippen molar-refractivity contribution in [3.05, 3.63) is 59.7 Å². The van der Waals surface area contributed by atoms with E-state index in [-0.39, 0.29) is 37.8 Å². The molecule has 1 rings (SSSR count). The number of unbranched alkanes of at least 4 members (excludes halogenated alkanes) is 22. The minimum absolute atomic E-state index is 0.00509. The van der Waals surface area contributed by atoms with Crippen LogP contribution >= 0.6 is 0 Å². The molecule has 0 heterocycles. The Hall–Kier alpha value is -3.55. The molecule has 0 aliphatic rings. The molecule has 8 nitrogen and oxygen atoms in total. The van der Waals surface area contributed by atoms with Gasteiger partial charge in [0.15, 0.2) is 11.6 Å². The SMILES string of the molecule is CCCCCCCC/C=C\CCCCCCCC(=O)CN(CC(=O)OCCCCCC/C=C\CCCCCCCC)C(=O)OCCN=Cc1ccc(C(=O)CCCC)cc1. The molecule has 0 aliphatic carbocycles. The molecule has 0 radical (unpaired) electrons. The molecular formula is C52H86N2O6. The maximum absolute atomic E-state index is 13.1. The minimum atomic E-state index is -0.723. The van der Waals surface area contributed by atoms with E-state index in [0.717, 1.165) is 93.9 Å². The van der Waals surface area contributed by atoms with E-state index in [0.29, 0.717) is 25.0 Å².